The van der Waals surface area contributed by atoms with Gasteiger partial charge in [0.2, 0.25) is 0 Å². The molecule has 0 aliphatic heterocycles. The smallest absolute Gasteiger partial charge is 0.126 e. The van der Waals surface area contributed by atoms with Crippen molar-refractivity contribution in [1.29, 1.82) is 0 Å². The van der Waals surface area contributed by atoms with Crippen molar-refractivity contribution in [2.45, 2.75) is 12.7 Å². The van der Waals surface area contributed by atoms with E-state index in [2.05, 4.69) is 0 Å². The summed E-state index contributed by atoms with van der Waals surface area (Å²) < 4.78 is 37.3. The summed E-state index contributed by atoms with van der Waals surface area (Å²) in [6.45, 7) is 2.35. The zero-order valence-corrected chi connectivity index (χ0v) is 9.90. The van der Waals surface area contributed by atoms with Gasteiger partial charge in [0, 0.05) is 28.4 Å². The van der Waals surface area contributed by atoms with Crippen molar-refractivity contribution < 1.29 is 13.0 Å². The summed E-state index contributed by atoms with van der Waals surface area (Å²) in [4.78, 5) is 0. The zero-order valence-electron chi connectivity index (χ0n) is 9.08. The Labute approximate surface area is 96.3 Å². The lowest BCUT2D eigenvalue weighted by atomic mass is 10.2. The average Bonchev–Trinajstić information content (AvgIpc) is 2.15. The van der Waals surface area contributed by atoms with Gasteiger partial charge in [-0.05, 0) is 30.2 Å². The van der Waals surface area contributed by atoms with Crippen LogP contribution in [0.15, 0.2) is 18.2 Å². The molecule has 0 saturated heterocycles. The van der Waals surface area contributed by atoms with Gasteiger partial charge in [0.15, 0.2) is 0 Å². The minimum absolute atomic E-state index is 0.152. The number of hydrogen-bond acceptors (Lipinski definition) is 2. The Morgan fingerprint density at radius 3 is 2.38 bits per heavy atom. The molecular formula is C11H15F2NOS. The summed E-state index contributed by atoms with van der Waals surface area (Å²) in [5.41, 5.74) is 5.82. The van der Waals surface area contributed by atoms with Gasteiger partial charge in [0.05, 0.1) is 0 Å². The minimum Gasteiger partial charge on any atom is -0.330 e. The van der Waals surface area contributed by atoms with Gasteiger partial charge < -0.3 is 5.73 Å². The quantitative estimate of drug-likeness (QED) is 0.862. The molecular weight excluding hydrogens is 232 g/mol. The standard InChI is InChI=1S/C11H15F2NOS/c1-8(5-14)6-16(15)7-9-2-10(12)4-11(13)3-9/h2-4,8H,5-7,14H2,1H3. The SMILES string of the molecule is CC(CN)CS(=O)Cc1cc(F)cc(F)c1. The molecule has 5 heteroatoms. The van der Waals surface area contributed by atoms with E-state index in [1.165, 1.54) is 12.1 Å². The van der Waals surface area contributed by atoms with Gasteiger partial charge in [-0.25, -0.2) is 8.78 Å². The van der Waals surface area contributed by atoms with E-state index in [9.17, 15) is 13.0 Å². The van der Waals surface area contributed by atoms with E-state index in [-0.39, 0.29) is 11.7 Å². The second-order valence-electron chi connectivity index (χ2n) is 3.87. The molecule has 2 N–H and O–H groups in total. The molecule has 0 aromatic heterocycles. The Balaban J connectivity index is 2.62. The third-order valence-electron chi connectivity index (χ3n) is 2.12. The molecule has 90 valence electrons. The molecule has 16 heavy (non-hydrogen) atoms. The van der Waals surface area contributed by atoms with E-state index >= 15 is 0 Å². The summed E-state index contributed by atoms with van der Waals surface area (Å²) in [6, 6.07) is 3.21. The fourth-order valence-electron chi connectivity index (χ4n) is 1.32. The van der Waals surface area contributed by atoms with Crippen LogP contribution < -0.4 is 5.73 Å². The Morgan fingerprint density at radius 1 is 1.31 bits per heavy atom. The first kappa shape index (κ1) is 13.3. The van der Waals surface area contributed by atoms with E-state index < -0.39 is 22.4 Å². The van der Waals surface area contributed by atoms with Crippen molar-refractivity contribution in [2.24, 2.45) is 11.7 Å². The number of nitrogens with two attached hydrogens (primary N) is 1. The summed E-state index contributed by atoms with van der Waals surface area (Å²) in [7, 11) is -1.13. The summed E-state index contributed by atoms with van der Waals surface area (Å²) in [6.07, 6.45) is 0. The molecule has 0 amide bonds. The van der Waals surface area contributed by atoms with E-state index in [0.717, 1.165) is 6.07 Å². The van der Waals surface area contributed by atoms with E-state index in [1.54, 1.807) is 0 Å². The lowest BCUT2D eigenvalue weighted by Crippen LogP contribution is -2.18. The van der Waals surface area contributed by atoms with Crippen molar-refractivity contribution >= 4 is 10.8 Å². The first-order chi connectivity index (χ1) is 7.51. The van der Waals surface area contributed by atoms with Crippen LogP contribution in [0.1, 0.15) is 12.5 Å². The number of hydrogen-bond donors (Lipinski definition) is 1. The van der Waals surface area contributed by atoms with Crippen LogP contribution in [0.4, 0.5) is 8.78 Å². The number of halogens is 2. The Hall–Kier alpha value is -0.810. The molecule has 2 unspecified atom stereocenters. The molecule has 0 fully saturated rings. The van der Waals surface area contributed by atoms with Crippen LogP contribution in [0.25, 0.3) is 0 Å². The van der Waals surface area contributed by atoms with Crippen LogP contribution in [-0.4, -0.2) is 16.5 Å². The van der Waals surface area contributed by atoms with E-state index in [1.807, 2.05) is 6.92 Å². The lowest BCUT2D eigenvalue weighted by molar-refractivity contribution is 0.581. The third-order valence-corrected chi connectivity index (χ3v) is 3.72. The highest BCUT2D eigenvalue weighted by atomic mass is 32.2. The van der Waals surface area contributed by atoms with Crippen molar-refractivity contribution in [3.63, 3.8) is 0 Å². The topological polar surface area (TPSA) is 43.1 Å². The fourth-order valence-corrected chi connectivity index (χ4v) is 2.75. The molecule has 0 bridgehead atoms. The molecule has 0 saturated carbocycles. The second-order valence-corrected chi connectivity index (χ2v) is 5.37. The Morgan fingerprint density at radius 2 is 1.88 bits per heavy atom. The van der Waals surface area contributed by atoms with Crippen molar-refractivity contribution in [3.8, 4) is 0 Å². The molecule has 0 heterocycles. The zero-order chi connectivity index (χ0) is 12.1. The van der Waals surface area contributed by atoms with Crippen LogP contribution in [-0.2, 0) is 16.6 Å². The fraction of sp³-hybridized carbons (Fsp3) is 0.455. The second kappa shape index (κ2) is 6.06. The van der Waals surface area contributed by atoms with Gasteiger partial charge in [0.25, 0.3) is 0 Å². The van der Waals surface area contributed by atoms with Crippen LogP contribution >= 0.6 is 0 Å². The van der Waals surface area contributed by atoms with Gasteiger partial charge in [0.1, 0.15) is 11.6 Å². The summed E-state index contributed by atoms with van der Waals surface area (Å²) in [5, 5.41) is 0. The molecule has 0 aliphatic rings. The van der Waals surface area contributed by atoms with Crippen LogP contribution in [0, 0.1) is 17.6 Å². The molecule has 1 rings (SSSR count). The van der Waals surface area contributed by atoms with Crippen molar-refractivity contribution in [1.82, 2.24) is 0 Å². The monoisotopic (exact) mass is 247 g/mol. The highest BCUT2D eigenvalue weighted by molar-refractivity contribution is 7.84. The van der Waals surface area contributed by atoms with E-state index in [4.69, 9.17) is 5.73 Å². The van der Waals surface area contributed by atoms with Crippen molar-refractivity contribution in [2.75, 3.05) is 12.3 Å². The maximum Gasteiger partial charge on any atom is 0.126 e. The van der Waals surface area contributed by atoms with Crippen LogP contribution in [0.2, 0.25) is 0 Å². The molecule has 2 atom stereocenters. The largest absolute Gasteiger partial charge is 0.330 e. The van der Waals surface area contributed by atoms with Gasteiger partial charge in [-0.2, -0.15) is 0 Å². The highest BCUT2D eigenvalue weighted by Crippen LogP contribution is 2.11. The van der Waals surface area contributed by atoms with E-state index in [0.29, 0.717) is 17.9 Å². The first-order valence-electron chi connectivity index (χ1n) is 5.01. The molecule has 0 spiro atoms. The summed E-state index contributed by atoms with van der Waals surface area (Å²) in [5.74, 6) is -0.509. The normalized spacial score (nSPS) is 14.8. The Bertz CT molecular complexity index is 364. The highest BCUT2D eigenvalue weighted by Gasteiger charge is 2.08. The van der Waals surface area contributed by atoms with Crippen LogP contribution in [0.5, 0.6) is 0 Å². The molecule has 1 aromatic carbocycles. The third kappa shape index (κ3) is 4.37. The molecule has 2 nitrogen and oxygen atoms in total. The van der Waals surface area contributed by atoms with Crippen molar-refractivity contribution in [3.05, 3.63) is 35.4 Å². The molecule has 1 aromatic rings. The van der Waals surface area contributed by atoms with Gasteiger partial charge >= 0.3 is 0 Å². The predicted octanol–water partition coefficient (Wildman–Crippen LogP) is 1.81. The molecule has 0 radical (unpaired) electrons. The first-order valence-corrected chi connectivity index (χ1v) is 6.50. The van der Waals surface area contributed by atoms with Gasteiger partial charge in [-0.1, -0.05) is 6.92 Å². The van der Waals surface area contributed by atoms with Crippen LogP contribution in [0.3, 0.4) is 0 Å². The summed E-state index contributed by atoms with van der Waals surface area (Å²) >= 11 is 0. The average molecular weight is 247 g/mol. The predicted molar refractivity (Wildman–Crippen MR) is 61.3 cm³/mol. The Kier molecular flexibility index (Phi) is 5.02. The number of benzene rings is 1. The lowest BCUT2D eigenvalue weighted by Gasteiger charge is -2.08. The minimum atomic E-state index is -1.13. The molecule has 0 aliphatic carbocycles. The maximum absolute atomic E-state index is 12.8. The van der Waals surface area contributed by atoms with Gasteiger partial charge in [-0.3, -0.25) is 4.21 Å². The maximum atomic E-state index is 12.8. The van der Waals surface area contributed by atoms with Gasteiger partial charge in [-0.15, -0.1) is 0 Å². The number of rotatable bonds is 5.